The van der Waals surface area contributed by atoms with Crippen molar-refractivity contribution in [2.24, 2.45) is 5.14 Å². The summed E-state index contributed by atoms with van der Waals surface area (Å²) in [6.07, 6.45) is 0.231. The fourth-order valence-corrected chi connectivity index (χ4v) is 1.07. The van der Waals surface area contributed by atoms with Crippen LogP contribution in [0.2, 0.25) is 0 Å². The Bertz CT molecular complexity index is 161. The average molecular weight is 155 g/mol. The number of nitrogens with two attached hydrogens (primary N) is 1. The van der Waals surface area contributed by atoms with Gasteiger partial charge in [-0.05, 0) is 6.42 Å². The highest BCUT2D eigenvalue weighted by Crippen LogP contribution is 2.00. The van der Waals surface area contributed by atoms with E-state index in [1.54, 1.807) is 6.92 Å². The molecule has 2 N–H and O–H groups in total. The minimum Gasteiger partial charge on any atom is -0.250 e. The van der Waals surface area contributed by atoms with Crippen LogP contribution >= 0.6 is 0 Å². The molecule has 0 spiro atoms. The molecule has 0 radical (unpaired) electrons. The maximum atomic E-state index is 11.7. The van der Waals surface area contributed by atoms with Crippen molar-refractivity contribution in [1.29, 1.82) is 0 Å². The van der Waals surface area contributed by atoms with E-state index >= 15 is 0 Å². The zero-order valence-electron chi connectivity index (χ0n) is 5.17. The van der Waals surface area contributed by atoms with E-state index < -0.39 is 21.9 Å². The number of alkyl halides is 1. The lowest BCUT2D eigenvalue weighted by Gasteiger charge is -2.04. The molecule has 0 saturated heterocycles. The minimum absolute atomic E-state index is 0.231. The summed E-state index contributed by atoms with van der Waals surface area (Å²) < 4.78 is 32.4. The molecule has 1 atom stereocenters. The van der Waals surface area contributed by atoms with Crippen molar-refractivity contribution in [1.82, 2.24) is 0 Å². The van der Waals surface area contributed by atoms with Gasteiger partial charge in [-0.2, -0.15) is 0 Å². The van der Waals surface area contributed by atoms with E-state index in [4.69, 9.17) is 0 Å². The van der Waals surface area contributed by atoms with Gasteiger partial charge in [0.25, 0.3) is 0 Å². The van der Waals surface area contributed by atoms with Gasteiger partial charge in [-0.25, -0.2) is 17.9 Å². The minimum atomic E-state index is -3.64. The van der Waals surface area contributed by atoms with E-state index in [1.807, 2.05) is 0 Å². The highest BCUT2D eigenvalue weighted by Gasteiger charge is 2.17. The smallest absolute Gasteiger partial charge is 0.214 e. The number of halogens is 1. The molecule has 0 bridgehead atoms. The summed E-state index contributed by atoms with van der Waals surface area (Å²) >= 11 is 0. The number of hydrogen-bond acceptors (Lipinski definition) is 2. The topological polar surface area (TPSA) is 60.2 Å². The molecule has 9 heavy (non-hydrogen) atoms. The molecule has 0 aromatic carbocycles. The van der Waals surface area contributed by atoms with E-state index in [0.717, 1.165) is 0 Å². The van der Waals surface area contributed by atoms with Crippen molar-refractivity contribution >= 4 is 10.0 Å². The van der Waals surface area contributed by atoms with Gasteiger partial charge in [0.15, 0.2) is 0 Å². The monoisotopic (exact) mass is 155 g/mol. The third-order valence-corrected chi connectivity index (χ3v) is 2.48. The van der Waals surface area contributed by atoms with Crippen LogP contribution in [0.3, 0.4) is 0 Å². The summed E-state index contributed by atoms with van der Waals surface area (Å²) in [4.78, 5) is 0. The molecule has 0 aromatic heterocycles. The van der Waals surface area contributed by atoms with Gasteiger partial charge in [0.1, 0.15) is 11.9 Å². The highest BCUT2D eigenvalue weighted by atomic mass is 32.2. The predicted molar refractivity (Wildman–Crippen MR) is 33.2 cm³/mol. The molecule has 0 aliphatic heterocycles. The second kappa shape index (κ2) is 3.12. The standard InChI is InChI=1S/C4H10FNO2S/c1-2-4(3-5)9(6,7)8/h4H,2-3H2,1H3,(H2,6,7,8). The van der Waals surface area contributed by atoms with Crippen molar-refractivity contribution < 1.29 is 12.8 Å². The van der Waals surface area contributed by atoms with E-state index in [1.165, 1.54) is 0 Å². The molecule has 3 nitrogen and oxygen atoms in total. The highest BCUT2D eigenvalue weighted by molar-refractivity contribution is 7.89. The van der Waals surface area contributed by atoms with Gasteiger partial charge in [0.2, 0.25) is 10.0 Å². The van der Waals surface area contributed by atoms with E-state index in [-0.39, 0.29) is 6.42 Å². The molecule has 0 rings (SSSR count). The zero-order valence-corrected chi connectivity index (χ0v) is 5.99. The Hall–Kier alpha value is -0.160. The Kier molecular flexibility index (Phi) is 3.07. The van der Waals surface area contributed by atoms with Crippen LogP contribution in [0.25, 0.3) is 0 Å². The molecule has 0 heterocycles. The first-order valence-corrected chi connectivity index (χ1v) is 4.21. The Labute approximate surface area is 54.1 Å². The summed E-state index contributed by atoms with van der Waals surface area (Å²) in [5.41, 5.74) is 0. The molecule has 0 aliphatic carbocycles. The molecule has 0 amide bonds. The Morgan fingerprint density at radius 2 is 2.11 bits per heavy atom. The molecular formula is C4H10FNO2S. The largest absolute Gasteiger partial charge is 0.250 e. The third-order valence-electron chi connectivity index (χ3n) is 1.09. The number of sulfonamides is 1. The molecule has 0 aromatic rings. The van der Waals surface area contributed by atoms with Crippen LogP contribution in [-0.2, 0) is 10.0 Å². The van der Waals surface area contributed by atoms with Gasteiger partial charge in [-0.3, -0.25) is 0 Å². The maximum Gasteiger partial charge on any atom is 0.214 e. The second-order valence-corrected chi connectivity index (χ2v) is 3.62. The fraction of sp³-hybridized carbons (Fsp3) is 1.00. The van der Waals surface area contributed by atoms with E-state index in [0.29, 0.717) is 0 Å². The van der Waals surface area contributed by atoms with Gasteiger partial charge >= 0.3 is 0 Å². The third kappa shape index (κ3) is 2.76. The lowest BCUT2D eigenvalue weighted by molar-refractivity contribution is 0.459. The number of rotatable bonds is 3. The van der Waals surface area contributed by atoms with Crippen LogP contribution in [0.4, 0.5) is 4.39 Å². The van der Waals surface area contributed by atoms with E-state index in [2.05, 4.69) is 5.14 Å². The van der Waals surface area contributed by atoms with Crippen LogP contribution in [0.15, 0.2) is 0 Å². The second-order valence-electron chi connectivity index (χ2n) is 1.77. The quantitative estimate of drug-likeness (QED) is 0.624. The zero-order chi connectivity index (χ0) is 7.49. The van der Waals surface area contributed by atoms with Crippen LogP contribution in [0.1, 0.15) is 13.3 Å². The van der Waals surface area contributed by atoms with Gasteiger partial charge in [-0.1, -0.05) is 6.92 Å². The molecular weight excluding hydrogens is 145 g/mol. The first kappa shape index (κ1) is 8.84. The molecule has 5 heteroatoms. The van der Waals surface area contributed by atoms with Gasteiger partial charge in [0, 0.05) is 0 Å². The first-order valence-electron chi connectivity index (χ1n) is 2.60. The van der Waals surface area contributed by atoms with Gasteiger partial charge in [0.05, 0.1) is 0 Å². The van der Waals surface area contributed by atoms with Crippen LogP contribution in [-0.4, -0.2) is 20.3 Å². The average Bonchev–Trinajstić information content (AvgIpc) is 1.65. The Balaban J connectivity index is 4.14. The summed E-state index contributed by atoms with van der Waals surface area (Å²) in [7, 11) is -3.64. The maximum absolute atomic E-state index is 11.7. The molecule has 56 valence electrons. The van der Waals surface area contributed by atoms with Gasteiger partial charge < -0.3 is 0 Å². The number of hydrogen-bond donors (Lipinski definition) is 1. The van der Waals surface area contributed by atoms with Crippen LogP contribution < -0.4 is 5.14 Å². The predicted octanol–water partition coefficient (Wildman–Crippen LogP) is 0.0230. The summed E-state index contributed by atoms with van der Waals surface area (Å²) in [6, 6.07) is 0. The molecule has 0 saturated carbocycles. The van der Waals surface area contributed by atoms with Crippen molar-refractivity contribution in [3.8, 4) is 0 Å². The normalized spacial score (nSPS) is 15.4. The van der Waals surface area contributed by atoms with Crippen molar-refractivity contribution in [2.45, 2.75) is 18.6 Å². The SMILES string of the molecule is CCC(CF)S(N)(=O)=O. The summed E-state index contributed by atoms with van der Waals surface area (Å²) in [5, 5.41) is 3.62. The Morgan fingerprint density at radius 1 is 1.67 bits per heavy atom. The van der Waals surface area contributed by atoms with Crippen molar-refractivity contribution in [3.63, 3.8) is 0 Å². The van der Waals surface area contributed by atoms with Crippen LogP contribution in [0, 0.1) is 0 Å². The Morgan fingerprint density at radius 3 is 2.11 bits per heavy atom. The lowest BCUT2D eigenvalue weighted by atomic mass is 10.4. The fourth-order valence-electron chi connectivity index (χ4n) is 0.429. The molecule has 0 aliphatic rings. The van der Waals surface area contributed by atoms with Gasteiger partial charge in [-0.15, -0.1) is 0 Å². The summed E-state index contributed by atoms with van der Waals surface area (Å²) in [6.45, 7) is 0.685. The first-order chi connectivity index (χ1) is 4.02. The lowest BCUT2D eigenvalue weighted by Crippen LogP contribution is -2.29. The molecule has 1 unspecified atom stereocenters. The van der Waals surface area contributed by atoms with Crippen molar-refractivity contribution in [3.05, 3.63) is 0 Å². The van der Waals surface area contributed by atoms with Crippen molar-refractivity contribution in [2.75, 3.05) is 6.67 Å². The van der Waals surface area contributed by atoms with Crippen LogP contribution in [0.5, 0.6) is 0 Å². The summed E-state index contributed by atoms with van der Waals surface area (Å²) in [5.74, 6) is 0. The number of primary sulfonamides is 1. The van der Waals surface area contributed by atoms with E-state index in [9.17, 15) is 12.8 Å². The molecule has 0 fully saturated rings.